The fourth-order valence-corrected chi connectivity index (χ4v) is 2.86. The minimum Gasteiger partial charge on any atom is -0.452 e. The van der Waals surface area contributed by atoms with E-state index in [1.54, 1.807) is 0 Å². The maximum atomic E-state index is 13.3. The largest absolute Gasteiger partial charge is 0.452 e. The normalized spacial score (nSPS) is 15.4. The van der Waals surface area contributed by atoms with E-state index < -0.39 is 18.4 Å². The fraction of sp³-hybridized carbons (Fsp3) is 0.467. The Hall–Kier alpha value is -1.33. The SMILES string of the molecule is O=C(COC(=O)c1cc(F)c(Cl)cc1Cl)NC1CCCCC1. The first-order chi connectivity index (χ1) is 10.5. The van der Waals surface area contributed by atoms with Crippen molar-refractivity contribution in [2.45, 2.75) is 38.1 Å². The molecule has 1 saturated carbocycles. The van der Waals surface area contributed by atoms with Crippen molar-refractivity contribution in [3.05, 3.63) is 33.6 Å². The second-order valence-electron chi connectivity index (χ2n) is 5.22. The van der Waals surface area contributed by atoms with E-state index >= 15 is 0 Å². The van der Waals surface area contributed by atoms with Crippen LogP contribution in [0.1, 0.15) is 42.5 Å². The number of rotatable bonds is 4. The Morgan fingerprint density at radius 2 is 1.86 bits per heavy atom. The topological polar surface area (TPSA) is 55.4 Å². The summed E-state index contributed by atoms with van der Waals surface area (Å²) in [6, 6.07) is 2.15. The third-order valence-corrected chi connectivity index (χ3v) is 4.14. The zero-order valence-electron chi connectivity index (χ0n) is 11.8. The summed E-state index contributed by atoms with van der Waals surface area (Å²) in [7, 11) is 0. The number of hydrogen-bond donors (Lipinski definition) is 1. The third kappa shape index (κ3) is 4.58. The molecule has 0 atom stereocenters. The van der Waals surface area contributed by atoms with Gasteiger partial charge in [-0.05, 0) is 25.0 Å². The van der Waals surface area contributed by atoms with Crippen LogP contribution < -0.4 is 5.32 Å². The molecule has 0 heterocycles. The quantitative estimate of drug-likeness (QED) is 0.666. The zero-order chi connectivity index (χ0) is 16.1. The van der Waals surface area contributed by atoms with Crippen LogP contribution in [0.2, 0.25) is 10.0 Å². The Morgan fingerprint density at radius 1 is 1.18 bits per heavy atom. The third-order valence-electron chi connectivity index (χ3n) is 3.53. The standard InChI is InChI=1S/C15H16Cl2FNO3/c16-11-7-12(17)13(18)6-10(11)15(21)22-8-14(20)19-9-4-2-1-3-5-9/h6-7,9H,1-5,8H2,(H,19,20). The summed E-state index contributed by atoms with van der Waals surface area (Å²) < 4.78 is 18.2. The van der Waals surface area contributed by atoms with Crippen LogP contribution in [0, 0.1) is 5.82 Å². The Bertz CT molecular complexity index is 574. The van der Waals surface area contributed by atoms with Crippen molar-refractivity contribution in [2.24, 2.45) is 0 Å². The van der Waals surface area contributed by atoms with Gasteiger partial charge in [0.2, 0.25) is 0 Å². The lowest BCUT2D eigenvalue weighted by Gasteiger charge is -2.22. The average molecular weight is 348 g/mol. The summed E-state index contributed by atoms with van der Waals surface area (Å²) >= 11 is 11.4. The van der Waals surface area contributed by atoms with Gasteiger partial charge >= 0.3 is 5.97 Å². The van der Waals surface area contributed by atoms with Crippen LogP contribution in [-0.4, -0.2) is 24.5 Å². The molecule has 120 valence electrons. The second kappa shape index (κ2) is 7.79. The molecule has 1 aromatic rings. The number of carbonyl (C=O) groups is 2. The molecule has 1 amide bonds. The van der Waals surface area contributed by atoms with Gasteiger partial charge in [-0.3, -0.25) is 4.79 Å². The molecule has 0 aromatic heterocycles. The van der Waals surface area contributed by atoms with Gasteiger partial charge in [-0.25, -0.2) is 9.18 Å². The number of carbonyl (C=O) groups excluding carboxylic acids is 2. The number of benzene rings is 1. The molecular formula is C15H16Cl2FNO3. The zero-order valence-corrected chi connectivity index (χ0v) is 13.3. The molecule has 22 heavy (non-hydrogen) atoms. The summed E-state index contributed by atoms with van der Waals surface area (Å²) in [6.07, 6.45) is 5.23. The average Bonchev–Trinajstić information content (AvgIpc) is 2.49. The van der Waals surface area contributed by atoms with Crippen molar-refractivity contribution in [1.29, 1.82) is 0 Å². The molecular weight excluding hydrogens is 332 g/mol. The van der Waals surface area contributed by atoms with Crippen LogP contribution in [0.5, 0.6) is 0 Å². The van der Waals surface area contributed by atoms with Gasteiger partial charge < -0.3 is 10.1 Å². The summed E-state index contributed by atoms with van der Waals surface area (Å²) in [5.41, 5.74) is -0.158. The minimum atomic E-state index is -0.862. The highest BCUT2D eigenvalue weighted by Crippen LogP contribution is 2.25. The van der Waals surface area contributed by atoms with Gasteiger partial charge in [-0.15, -0.1) is 0 Å². The number of ether oxygens (including phenoxy) is 1. The molecule has 1 aliphatic carbocycles. The Balaban J connectivity index is 1.87. The Labute approximate surface area is 137 Å². The first-order valence-electron chi connectivity index (χ1n) is 7.08. The summed E-state index contributed by atoms with van der Waals surface area (Å²) in [6.45, 7) is -0.421. The van der Waals surface area contributed by atoms with E-state index in [0.29, 0.717) is 0 Å². The van der Waals surface area contributed by atoms with Crippen molar-refractivity contribution >= 4 is 35.1 Å². The predicted molar refractivity (Wildman–Crippen MR) is 81.7 cm³/mol. The van der Waals surface area contributed by atoms with Crippen LogP contribution in [-0.2, 0) is 9.53 Å². The lowest BCUT2D eigenvalue weighted by atomic mass is 9.95. The molecule has 0 aliphatic heterocycles. The number of nitrogens with one attached hydrogen (secondary N) is 1. The molecule has 7 heteroatoms. The molecule has 1 aliphatic rings. The molecule has 0 radical (unpaired) electrons. The Morgan fingerprint density at radius 3 is 2.55 bits per heavy atom. The molecule has 0 unspecified atom stereocenters. The summed E-state index contributed by atoms with van der Waals surface area (Å²) in [4.78, 5) is 23.6. The van der Waals surface area contributed by atoms with Crippen LogP contribution in [0.15, 0.2) is 12.1 Å². The number of hydrogen-bond acceptors (Lipinski definition) is 3. The van der Waals surface area contributed by atoms with E-state index in [1.165, 1.54) is 6.42 Å². The molecule has 1 aromatic carbocycles. The van der Waals surface area contributed by atoms with Crippen LogP contribution >= 0.6 is 23.2 Å². The lowest BCUT2D eigenvalue weighted by Crippen LogP contribution is -2.38. The summed E-state index contributed by atoms with van der Waals surface area (Å²) in [5, 5.41) is 2.61. The van der Waals surface area contributed by atoms with Crippen molar-refractivity contribution in [2.75, 3.05) is 6.61 Å². The highest BCUT2D eigenvalue weighted by atomic mass is 35.5. The molecule has 1 fully saturated rings. The number of esters is 1. The van der Waals surface area contributed by atoms with E-state index in [0.717, 1.165) is 37.8 Å². The Kier molecular flexibility index (Phi) is 6.03. The number of halogens is 3. The molecule has 0 saturated heterocycles. The summed E-state index contributed by atoms with van der Waals surface area (Å²) in [5.74, 6) is -2.00. The van der Waals surface area contributed by atoms with E-state index in [-0.39, 0.29) is 27.6 Å². The van der Waals surface area contributed by atoms with Gasteiger partial charge in [0.1, 0.15) is 5.82 Å². The first-order valence-corrected chi connectivity index (χ1v) is 7.84. The van der Waals surface area contributed by atoms with E-state index in [9.17, 15) is 14.0 Å². The van der Waals surface area contributed by atoms with Crippen molar-refractivity contribution in [3.8, 4) is 0 Å². The van der Waals surface area contributed by atoms with Crippen molar-refractivity contribution < 1.29 is 18.7 Å². The maximum absolute atomic E-state index is 13.3. The minimum absolute atomic E-state index is 0.0240. The van der Waals surface area contributed by atoms with Crippen molar-refractivity contribution in [3.63, 3.8) is 0 Å². The highest BCUT2D eigenvalue weighted by Gasteiger charge is 2.19. The van der Waals surface area contributed by atoms with Gasteiger partial charge in [-0.1, -0.05) is 42.5 Å². The molecule has 4 nitrogen and oxygen atoms in total. The van der Waals surface area contributed by atoms with E-state index in [2.05, 4.69) is 5.32 Å². The van der Waals surface area contributed by atoms with Gasteiger partial charge in [0.05, 0.1) is 15.6 Å². The molecule has 0 bridgehead atoms. The van der Waals surface area contributed by atoms with E-state index in [4.69, 9.17) is 27.9 Å². The van der Waals surface area contributed by atoms with Crippen LogP contribution in [0.4, 0.5) is 4.39 Å². The van der Waals surface area contributed by atoms with Gasteiger partial charge in [0, 0.05) is 6.04 Å². The van der Waals surface area contributed by atoms with Crippen LogP contribution in [0.3, 0.4) is 0 Å². The molecule has 2 rings (SSSR count). The fourth-order valence-electron chi connectivity index (χ4n) is 2.40. The van der Waals surface area contributed by atoms with E-state index in [1.807, 2.05) is 0 Å². The van der Waals surface area contributed by atoms with Gasteiger partial charge in [-0.2, -0.15) is 0 Å². The molecule has 0 spiro atoms. The first kappa shape index (κ1) is 17.0. The van der Waals surface area contributed by atoms with Crippen LogP contribution in [0.25, 0.3) is 0 Å². The predicted octanol–water partition coefficient (Wildman–Crippen LogP) is 3.74. The van der Waals surface area contributed by atoms with Gasteiger partial charge in [0.15, 0.2) is 6.61 Å². The second-order valence-corrected chi connectivity index (χ2v) is 6.04. The lowest BCUT2D eigenvalue weighted by molar-refractivity contribution is -0.125. The maximum Gasteiger partial charge on any atom is 0.340 e. The highest BCUT2D eigenvalue weighted by molar-refractivity contribution is 6.36. The number of amides is 1. The monoisotopic (exact) mass is 347 g/mol. The van der Waals surface area contributed by atoms with Gasteiger partial charge in [0.25, 0.3) is 5.91 Å². The van der Waals surface area contributed by atoms with Crippen molar-refractivity contribution in [1.82, 2.24) is 5.32 Å². The smallest absolute Gasteiger partial charge is 0.340 e. The molecule has 1 N–H and O–H groups in total.